The van der Waals surface area contributed by atoms with Crippen molar-refractivity contribution in [3.8, 4) is 0 Å². The fourth-order valence-corrected chi connectivity index (χ4v) is 4.43. The molecule has 1 amide bonds. The molecule has 0 radical (unpaired) electrons. The molecule has 1 aliphatic heterocycles. The third kappa shape index (κ3) is 3.55. The summed E-state index contributed by atoms with van der Waals surface area (Å²) in [5.74, 6) is -0.362. The van der Waals surface area contributed by atoms with Gasteiger partial charge in [-0.05, 0) is 42.8 Å². The van der Waals surface area contributed by atoms with Gasteiger partial charge in [-0.25, -0.2) is 9.50 Å². The summed E-state index contributed by atoms with van der Waals surface area (Å²) in [4.78, 5) is 19.6. The fourth-order valence-electron chi connectivity index (χ4n) is 3.72. The Balaban J connectivity index is 1.76. The number of carbonyl (C=O) groups excluding carboxylic acids is 1. The number of aromatic nitrogens is 5. The summed E-state index contributed by atoms with van der Waals surface area (Å²) in [5, 5.41) is 8.22. The van der Waals surface area contributed by atoms with Crippen molar-refractivity contribution in [2.24, 2.45) is 0 Å². The van der Waals surface area contributed by atoms with Crippen molar-refractivity contribution in [2.75, 3.05) is 6.54 Å². The number of aryl methyl sites for hydroxylation is 1. The van der Waals surface area contributed by atoms with Crippen molar-refractivity contribution in [3.05, 3.63) is 39.8 Å². The minimum absolute atomic E-state index is 0.136. The average Bonchev–Trinajstić information content (AvgIpc) is 3.43. The second kappa shape index (κ2) is 7.60. The largest absolute Gasteiger partial charge is 0.433 e. The number of amides is 1. The first-order valence-corrected chi connectivity index (χ1v) is 10.6. The van der Waals surface area contributed by atoms with Crippen LogP contribution in [0.5, 0.6) is 0 Å². The molecule has 3 aromatic heterocycles. The SMILES string of the molecule is CCc1nnsc1C(=O)N1CCC[C@H]1c1cc2nc(C(C)C)cc(C(F)(F)F)n2n1. The van der Waals surface area contributed by atoms with Crippen LogP contribution in [0.15, 0.2) is 12.1 Å². The van der Waals surface area contributed by atoms with E-state index in [0.717, 1.165) is 28.5 Å². The van der Waals surface area contributed by atoms with Crippen molar-refractivity contribution in [1.29, 1.82) is 0 Å². The number of alkyl halides is 3. The Morgan fingerprint density at radius 3 is 2.77 bits per heavy atom. The van der Waals surface area contributed by atoms with Gasteiger partial charge in [-0.1, -0.05) is 25.3 Å². The number of nitrogens with zero attached hydrogens (tertiary/aromatic N) is 6. The Morgan fingerprint density at radius 2 is 2.10 bits per heavy atom. The van der Waals surface area contributed by atoms with E-state index in [9.17, 15) is 18.0 Å². The van der Waals surface area contributed by atoms with E-state index in [0.29, 0.717) is 41.3 Å². The topological polar surface area (TPSA) is 76.3 Å². The zero-order valence-corrected chi connectivity index (χ0v) is 17.6. The molecule has 160 valence electrons. The smallest absolute Gasteiger partial charge is 0.329 e. The summed E-state index contributed by atoms with van der Waals surface area (Å²) in [5.41, 5.74) is 0.669. The number of hydrogen-bond donors (Lipinski definition) is 0. The minimum Gasteiger partial charge on any atom is -0.329 e. The average molecular weight is 438 g/mol. The van der Waals surface area contributed by atoms with Crippen LogP contribution in [0.1, 0.15) is 78.0 Å². The van der Waals surface area contributed by atoms with Gasteiger partial charge in [0.05, 0.1) is 17.4 Å². The zero-order valence-electron chi connectivity index (χ0n) is 16.8. The van der Waals surface area contributed by atoms with Crippen LogP contribution in [0.25, 0.3) is 5.65 Å². The van der Waals surface area contributed by atoms with Gasteiger partial charge in [0.1, 0.15) is 10.6 Å². The van der Waals surface area contributed by atoms with Crippen molar-refractivity contribution in [1.82, 2.24) is 29.1 Å². The lowest BCUT2D eigenvalue weighted by Crippen LogP contribution is -2.31. The first kappa shape index (κ1) is 20.7. The Bertz CT molecular complexity index is 1090. The van der Waals surface area contributed by atoms with E-state index in [-0.39, 0.29) is 17.5 Å². The van der Waals surface area contributed by atoms with Crippen LogP contribution in [-0.2, 0) is 12.6 Å². The lowest BCUT2D eigenvalue weighted by molar-refractivity contribution is -0.142. The highest BCUT2D eigenvalue weighted by atomic mass is 32.1. The van der Waals surface area contributed by atoms with Gasteiger partial charge in [0.15, 0.2) is 5.65 Å². The Labute approximate surface area is 175 Å². The molecule has 0 N–H and O–H groups in total. The molecule has 4 heterocycles. The third-order valence-electron chi connectivity index (χ3n) is 5.29. The first-order chi connectivity index (χ1) is 14.2. The highest BCUT2D eigenvalue weighted by Crippen LogP contribution is 2.36. The molecule has 0 aliphatic carbocycles. The molecule has 1 aliphatic rings. The van der Waals surface area contributed by atoms with Crippen LogP contribution in [-0.4, -0.2) is 41.5 Å². The van der Waals surface area contributed by atoms with Crippen LogP contribution < -0.4 is 0 Å². The van der Waals surface area contributed by atoms with Gasteiger partial charge in [0.25, 0.3) is 5.91 Å². The lowest BCUT2D eigenvalue weighted by Gasteiger charge is -2.22. The molecule has 0 aromatic carbocycles. The lowest BCUT2D eigenvalue weighted by atomic mass is 10.1. The maximum atomic E-state index is 13.7. The Morgan fingerprint density at radius 1 is 1.33 bits per heavy atom. The van der Waals surface area contributed by atoms with Gasteiger partial charge in [0.2, 0.25) is 0 Å². The Kier molecular flexibility index (Phi) is 5.25. The summed E-state index contributed by atoms with van der Waals surface area (Å²) in [6.45, 7) is 5.99. The van der Waals surface area contributed by atoms with E-state index in [4.69, 9.17) is 0 Å². The van der Waals surface area contributed by atoms with E-state index in [2.05, 4.69) is 19.7 Å². The highest BCUT2D eigenvalue weighted by molar-refractivity contribution is 7.08. The minimum atomic E-state index is -4.57. The maximum absolute atomic E-state index is 13.7. The van der Waals surface area contributed by atoms with E-state index in [1.54, 1.807) is 24.8 Å². The molecule has 4 rings (SSSR count). The van der Waals surface area contributed by atoms with E-state index < -0.39 is 17.9 Å². The van der Waals surface area contributed by atoms with Crippen molar-refractivity contribution in [2.45, 2.75) is 58.2 Å². The van der Waals surface area contributed by atoms with Crippen molar-refractivity contribution >= 4 is 23.1 Å². The standard InChI is InChI=1S/C19H21F3N6OS/c1-4-11-17(30-26-24-11)18(29)27-7-5-6-14(27)13-9-16-23-12(10(2)3)8-15(19(20,21)22)28(16)25-13/h8-10,14H,4-7H2,1-3H3/t14-/m0/s1. The maximum Gasteiger partial charge on any atom is 0.433 e. The normalized spacial score (nSPS) is 17.4. The number of likely N-dealkylation sites (tertiary alicyclic amines) is 1. The number of halogens is 3. The van der Waals surface area contributed by atoms with Crippen LogP contribution >= 0.6 is 11.5 Å². The number of rotatable bonds is 4. The van der Waals surface area contributed by atoms with Gasteiger partial charge in [-0.3, -0.25) is 4.79 Å². The molecule has 0 bridgehead atoms. The van der Waals surface area contributed by atoms with Gasteiger partial charge in [-0.15, -0.1) is 5.10 Å². The molecule has 30 heavy (non-hydrogen) atoms. The molecular weight excluding hydrogens is 417 g/mol. The highest BCUT2D eigenvalue weighted by Gasteiger charge is 2.38. The van der Waals surface area contributed by atoms with Crippen LogP contribution in [0.3, 0.4) is 0 Å². The van der Waals surface area contributed by atoms with Crippen LogP contribution in [0.4, 0.5) is 13.2 Å². The quantitative estimate of drug-likeness (QED) is 0.608. The zero-order chi connectivity index (χ0) is 21.6. The third-order valence-corrected chi connectivity index (χ3v) is 6.04. The van der Waals surface area contributed by atoms with Crippen molar-refractivity contribution < 1.29 is 18.0 Å². The van der Waals surface area contributed by atoms with Crippen LogP contribution in [0, 0.1) is 0 Å². The first-order valence-electron chi connectivity index (χ1n) is 9.80. The molecule has 1 atom stereocenters. The molecule has 3 aromatic rings. The summed E-state index contributed by atoms with van der Waals surface area (Å²) < 4.78 is 45.7. The fraction of sp³-hybridized carbons (Fsp3) is 0.526. The van der Waals surface area contributed by atoms with Gasteiger partial charge in [-0.2, -0.15) is 18.3 Å². The summed E-state index contributed by atoms with van der Waals surface area (Å²) in [7, 11) is 0. The molecule has 0 saturated carbocycles. The predicted octanol–water partition coefficient (Wildman–Crippen LogP) is 4.26. The predicted molar refractivity (Wildman–Crippen MR) is 104 cm³/mol. The second-order valence-electron chi connectivity index (χ2n) is 7.62. The number of carbonyl (C=O) groups is 1. The Hall–Kier alpha value is -2.56. The number of hydrogen-bond acceptors (Lipinski definition) is 6. The van der Waals surface area contributed by atoms with E-state index in [1.807, 2.05) is 6.92 Å². The molecular formula is C19H21F3N6OS. The van der Waals surface area contributed by atoms with E-state index >= 15 is 0 Å². The summed E-state index contributed by atoms with van der Waals surface area (Å²) in [6.07, 6.45) is -2.61. The monoisotopic (exact) mass is 438 g/mol. The van der Waals surface area contributed by atoms with Gasteiger partial charge >= 0.3 is 6.18 Å². The summed E-state index contributed by atoms with van der Waals surface area (Å²) in [6, 6.07) is 2.19. The second-order valence-corrected chi connectivity index (χ2v) is 8.37. The van der Waals surface area contributed by atoms with Crippen LogP contribution in [0.2, 0.25) is 0 Å². The molecule has 7 nitrogen and oxygen atoms in total. The summed E-state index contributed by atoms with van der Waals surface area (Å²) >= 11 is 1.04. The number of fused-ring (bicyclic) bond motifs is 1. The molecule has 1 fully saturated rings. The molecule has 0 unspecified atom stereocenters. The van der Waals surface area contributed by atoms with Gasteiger partial charge in [0, 0.05) is 18.3 Å². The van der Waals surface area contributed by atoms with Crippen molar-refractivity contribution in [3.63, 3.8) is 0 Å². The molecule has 0 spiro atoms. The molecule has 1 saturated heterocycles. The van der Waals surface area contributed by atoms with E-state index in [1.165, 1.54) is 0 Å². The molecule has 11 heteroatoms. The van der Waals surface area contributed by atoms with Gasteiger partial charge < -0.3 is 4.90 Å².